The first-order valence-electron chi connectivity index (χ1n) is 7.95. The van der Waals surface area contributed by atoms with Crippen LogP contribution in [0.15, 0.2) is 36.8 Å². The van der Waals surface area contributed by atoms with Crippen molar-refractivity contribution < 1.29 is 14.3 Å². The number of rotatable bonds is 7. The Morgan fingerprint density at radius 3 is 2.60 bits per heavy atom. The Kier molecular flexibility index (Phi) is 6.29. The summed E-state index contributed by atoms with van der Waals surface area (Å²) in [4.78, 5) is 35.1. The van der Waals surface area contributed by atoms with E-state index >= 15 is 0 Å². The summed E-state index contributed by atoms with van der Waals surface area (Å²) in [6.45, 7) is 9.36. The number of aromatic nitrogens is 2. The number of benzene rings is 1. The van der Waals surface area contributed by atoms with Crippen molar-refractivity contribution in [3.05, 3.63) is 52.9 Å². The number of H-pyrrole nitrogens is 1. The normalized spacial score (nSPS) is 11.6. The first-order chi connectivity index (χ1) is 12.0. The molecule has 0 saturated carbocycles. The summed E-state index contributed by atoms with van der Waals surface area (Å²) in [6.07, 6.45) is 3.38. The van der Waals surface area contributed by atoms with E-state index in [1.807, 2.05) is 13.8 Å². The number of amides is 1. The second kappa shape index (κ2) is 8.64. The third-order valence-corrected chi connectivity index (χ3v) is 3.41. The van der Waals surface area contributed by atoms with Gasteiger partial charge in [-0.05, 0) is 22.9 Å². The van der Waals surface area contributed by atoms with E-state index < -0.39 is 12.0 Å². The summed E-state index contributed by atoms with van der Waals surface area (Å²) < 4.78 is 5.27. The van der Waals surface area contributed by atoms with Crippen molar-refractivity contribution in [2.45, 2.75) is 26.3 Å². The van der Waals surface area contributed by atoms with Crippen LogP contribution in [0.5, 0.6) is 0 Å². The summed E-state index contributed by atoms with van der Waals surface area (Å²) in [5.41, 5.74) is 1.68. The number of ether oxygens (including phenoxy) is 1. The fourth-order valence-corrected chi connectivity index (χ4v) is 2.10. The maximum absolute atomic E-state index is 12.4. The first kappa shape index (κ1) is 18.2. The highest BCUT2D eigenvalue weighted by Gasteiger charge is 2.24. The molecule has 0 aliphatic heterocycles. The van der Waals surface area contributed by atoms with E-state index in [9.17, 15) is 9.59 Å². The minimum absolute atomic E-state index is 0.208. The zero-order valence-corrected chi connectivity index (χ0v) is 14.2. The maximum Gasteiger partial charge on any atom is 0.339 e. The van der Waals surface area contributed by atoms with Gasteiger partial charge in [0.25, 0.3) is 12.5 Å². The summed E-state index contributed by atoms with van der Waals surface area (Å²) in [7, 11) is 0. The van der Waals surface area contributed by atoms with Crippen molar-refractivity contribution in [3.63, 3.8) is 0 Å². The van der Waals surface area contributed by atoms with Crippen LogP contribution in [0.4, 0.5) is 5.69 Å². The van der Waals surface area contributed by atoms with E-state index in [0.717, 1.165) is 5.69 Å². The lowest BCUT2D eigenvalue weighted by Crippen LogP contribution is -2.43. The molecule has 130 valence electrons. The van der Waals surface area contributed by atoms with E-state index in [-0.39, 0.29) is 18.2 Å². The van der Waals surface area contributed by atoms with Gasteiger partial charge in [0, 0.05) is 36.0 Å². The van der Waals surface area contributed by atoms with Gasteiger partial charge < -0.3 is 15.0 Å². The Morgan fingerprint density at radius 2 is 2.04 bits per heavy atom. The second-order valence-corrected chi connectivity index (χ2v) is 6.01. The number of nitrogens with one attached hydrogen (secondary N) is 2. The predicted octanol–water partition coefficient (Wildman–Crippen LogP) is 2.54. The van der Waals surface area contributed by atoms with Crippen LogP contribution in [0.1, 0.15) is 29.9 Å². The molecule has 2 rings (SSSR count). The van der Waals surface area contributed by atoms with Crippen molar-refractivity contribution in [2.75, 3.05) is 6.61 Å². The Hall–Kier alpha value is -3.14. The Bertz CT molecular complexity index is 746. The molecule has 0 aliphatic rings. The Balaban J connectivity index is 2.09. The number of hydrogen-bond acceptors (Lipinski definition) is 4. The molecular formula is C18H21N4O3+. The van der Waals surface area contributed by atoms with Crippen LogP contribution in [0.25, 0.3) is 4.85 Å². The average Bonchev–Trinajstić information content (AvgIpc) is 3.12. The molecule has 0 bridgehead atoms. The van der Waals surface area contributed by atoms with Crippen LogP contribution < -0.4 is 5.32 Å². The molecule has 0 radical (unpaired) electrons. The predicted molar refractivity (Wildman–Crippen MR) is 93.7 cm³/mol. The largest absolute Gasteiger partial charge is 0.464 e. The first-order valence-corrected chi connectivity index (χ1v) is 7.95. The van der Waals surface area contributed by atoms with E-state index in [1.165, 1.54) is 6.33 Å². The zero-order chi connectivity index (χ0) is 18.2. The van der Waals surface area contributed by atoms with Gasteiger partial charge in [-0.2, -0.15) is 0 Å². The summed E-state index contributed by atoms with van der Waals surface area (Å²) in [6, 6.07) is 5.61. The topological polar surface area (TPSA) is 88.4 Å². The van der Waals surface area contributed by atoms with Gasteiger partial charge in [0.2, 0.25) is 0 Å². The molecule has 2 aromatic rings. The van der Waals surface area contributed by atoms with E-state index in [0.29, 0.717) is 17.9 Å². The molecule has 1 aromatic carbocycles. The van der Waals surface area contributed by atoms with Gasteiger partial charge in [-0.15, -0.1) is 0 Å². The molecule has 1 heterocycles. The van der Waals surface area contributed by atoms with Crippen molar-refractivity contribution in [1.29, 1.82) is 0 Å². The van der Waals surface area contributed by atoms with Gasteiger partial charge in [-0.25, -0.2) is 9.78 Å². The molecule has 0 aliphatic carbocycles. The van der Waals surface area contributed by atoms with Gasteiger partial charge >= 0.3 is 11.7 Å². The van der Waals surface area contributed by atoms with Gasteiger partial charge in [-0.3, -0.25) is 4.79 Å². The molecule has 1 atom stereocenters. The molecule has 1 amide bonds. The van der Waals surface area contributed by atoms with Gasteiger partial charge in [0.05, 0.1) is 12.9 Å². The van der Waals surface area contributed by atoms with Gasteiger partial charge in [0.15, 0.2) is 0 Å². The van der Waals surface area contributed by atoms with Crippen molar-refractivity contribution >= 4 is 17.6 Å². The third kappa shape index (κ3) is 5.46. The van der Waals surface area contributed by atoms with E-state index in [2.05, 4.69) is 20.1 Å². The number of aromatic amines is 1. The van der Waals surface area contributed by atoms with Crippen molar-refractivity contribution in [1.82, 2.24) is 15.3 Å². The molecule has 0 spiro atoms. The van der Waals surface area contributed by atoms with Gasteiger partial charge in [0.1, 0.15) is 6.04 Å². The van der Waals surface area contributed by atoms with Crippen LogP contribution in [-0.2, 0) is 16.0 Å². The average molecular weight is 341 g/mol. The molecule has 7 nitrogen and oxygen atoms in total. The van der Waals surface area contributed by atoms with Crippen LogP contribution in [0, 0.1) is 12.5 Å². The zero-order valence-electron chi connectivity index (χ0n) is 14.2. The molecule has 7 heteroatoms. The minimum atomic E-state index is -0.814. The number of imidazole rings is 1. The van der Waals surface area contributed by atoms with Crippen molar-refractivity contribution in [2.24, 2.45) is 5.92 Å². The van der Waals surface area contributed by atoms with Gasteiger partial charge in [-0.1, -0.05) is 13.8 Å². The summed E-state index contributed by atoms with van der Waals surface area (Å²) in [5.74, 6) is -0.653. The van der Waals surface area contributed by atoms with Crippen LogP contribution >= 0.6 is 0 Å². The molecule has 0 unspecified atom stereocenters. The molecule has 2 N–H and O–H groups in total. The molecular weight excluding hydrogens is 320 g/mol. The van der Waals surface area contributed by atoms with E-state index in [4.69, 9.17) is 11.3 Å². The minimum Gasteiger partial charge on any atom is -0.464 e. The van der Waals surface area contributed by atoms with Crippen LogP contribution in [0.2, 0.25) is 0 Å². The second-order valence-electron chi connectivity index (χ2n) is 6.01. The number of carbonyl (C=O) groups excluding carboxylic acids is 2. The molecule has 1 aromatic heterocycles. The Morgan fingerprint density at radius 1 is 1.32 bits per heavy atom. The molecule has 25 heavy (non-hydrogen) atoms. The highest BCUT2D eigenvalue weighted by molar-refractivity contribution is 5.97. The quantitative estimate of drug-likeness (QED) is 0.758. The lowest BCUT2D eigenvalue weighted by molar-refractivity contribution is -0.147. The number of carbonyl (C=O) groups is 2. The molecule has 0 fully saturated rings. The summed E-state index contributed by atoms with van der Waals surface area (Å²) >= 11 is 0. The Labute approximate surface area is 146 Å². The SMILES string of the molecule is C#[N+]c1ccc(C(=O)N[C@H](Cc2cnc[nH]2)C(=O)OCC(C)C)cc1. The monoisotopic (exact) mass is 341 g/mol. The lowest BCUT2D eigenvalue weighted by atomic mass is 10.1. The molecule has 0 saturated heterocycles. The fraction of sp³-hybridized carbons (Fsp3) is 0.333. The lowest BCUT2D eigenvalue weighted by Gasteiger charge is -2.18. The maximum atomic E-state index is 12.4. The number of nitrogens with zero attached hydrogens (tertiary/aromatic N) is 2. The van der Waals surface area contributed by atoms with Crippen molar-refractivity contribution in [3.8, 4) is 6.57 Å². The number of esters is 1. The number of hydrogen-bond donors (Lipinski definition) is 2. The van der Waals surface area contributed by atoms with E-state index in [1.54, 1.807) is 30.5 Å². The highest BCUT2D eigenvalue weighted by atomic mass is 16.5. The van der Waals surface area contributed by atoms with Crippen LogP contribution in [-0.4, -0.2) is 34.5 Å². The highest BCUT2D eigenvalue weighted by Crippen LogP contribution is 2.13. The third-order valence-electron chi connectivity index (χ3n) is 3.41. The van der Waals surface area contributed by atoms with Crippen LogP contribution in [0.3, 0.4) is 0 Å². The summed E-state index contributed by atoms with van der Waals surface area (Å²) in [5, 5.41) is 2.71. The standard InChI is InChI=1S/C18H20N4O3/c1-12(2)10-25-18(24)16(8-15-9-20-11-21-15)22-17(23)13-4-6-14(19-3)7-5-13/h3-7,9,11-12,16H,8,10H2,1-2H3,(H-,20,21,22,23)/p+1/t16-/m1/s1. The fourth-order valence-electron chi connectivity index (χ4n) is 2.10. The smallest absolute Gasteiger partial charge is 0.339 e.